The van der Waals surface area contributed by atoms with Crippen LogP contribution in [-0.2, 0) is 8.99 Å². The van der Waals surface area contributed by atoms with E-state index in [1.165, 1.54) is 6.07 Å². The van der Waals surface area contributed by atoms with E-state index in [2.05, 4.69) is 20.8 Å². The van der Waals surface area contributed by atoms with Gasteiger partial charge in [0.15, 0.2) is 6.35 Å². The molecule has 0 saturated carbocycles. The molecular formula is C32H36NO6PSi. The molecule has 0 heterocycles. The number of hydrogen-bond acceptors (Lipinski definition) is 6. The zero-order chi connectivity index (χ0) is 29.8. The maximum Gasteiger partial charge on any atom is 0.455 e. The van der Waals surface area contributed by atoms with Crippen molar-refractivity contribution in [3.8, 4) is 11.5 Å². The summed E-state index contributed by atoms with van der Waals surface area (Å²) in [5, 5.41) is 13.5. The van der Waals surface area contributed by atoms with E-state index < -0.39 is 32.2 Å². The van der Waals surface area contributed by atoms with Gasteiger partial charge in [-0.2, -0.15) is 0 Å². The van der Waals surface area contributed by atoms with Gasteiger partial charge in [0.1, 0.15) is 5.75 Å². The fraction of sp³-hybridized carbons (Fsp3) is 0.250. The van der Waals surface area contributed by atoms with Crippen LogP contribution < -0.4 is 19.4 Å². The molecule has 0 unspecified atom stereocenters. The van der Waals surface area contributed by atoms with Crippen LogP contribution in [-0.4, -0.2) is 19.6 Å². The molecule has 4 rings (SSSR count). The minimum Gasteiger partial charge on any atom is -0.414 e. The molecule has 4 aromatic carbocycles. The minimum atomic E-state index is -4.20. The zero-order valence-electron chi connectivity index (χ0n) is 24.3. The predicted molar refractivity (Wildman–Crippen MR) is 166 cm³/mol. The summed E-state index contributed by atoms with van der Waals surface area (Å²) in [6, 6.07) is 30.0. The molecule has 0 spiro atoms. The third kappa shape index (κ3) is 6.46. The van der Waals surface area contributed by atoms with E-state index in [0.717, 1.165) is 21.5 Å². The van der Waals surface area contributed by atoms with E-state index in [9.17, 15) is 14.7 Å². The average Bonchev–Trinajstić information content (AvgIpc) is 2.92. The number of benzene rings is 4. The standard InChI is InChI=1S/C32H36NO6PSi/c1-24-20-21-30(26(3)22-24)38-40(36,39-31-25(2)14-13-19-29(31)33(34)35)23-37-41(32(4,5)6,27-15-9-7-10-16-27)28-17-11-8-12-18-28/h7-22H,23H2,1-6H3/t40-/m1/s1. The fourth-order valence-corrected chi connectivity index (χ4v) is 11.8. The van der Waals surface area contributed by atoms with E-state index in [1.54, 1.807) is 25.1 Å². The number of nitrogens with zero attached hydrogens (tertiary/aromatic N) is 1. The summed E-state index contributed by atoms with van der Waals surface area (Å²) in [5.41, 5.74) is 1.95. The first kappa shape index (κ1) is 30.3. The Bertz CT molecular complexity index is 1530. The third-order valence-electron chi connectivity index (χ3n) is 7.04. The van der Waals surface area contributed by atoms with Crippen molar-refractivity contribution in [3.63, 3.8) is 0 Å². The predicted octanol–water partition coefficient (Wildman–Crippen LogP) is 7.71. The molecule has 9 heteroatoms. The van der Waals surface area contributed by atoms with E-state index >= 15 is 0 Å². The number of nitro benzene ring substituents is 1. The lowest BCUT2D eigenvalue weighted by atomic mass is 10.1. The molecule has 0 radical (unpaired) electrons. The Morgan fingerprint density at radius 1 is 0.780 bits per heavy atom. The lowest BCUT2D eigenvalue weighted by Crippen LogP contribution is -2.66. The largest absolute Gasteiger partial charge is 0.455 e. The van der Waals surface area contributed by atoms with Gasteiger partial charge in [0.05, 0.1) is 4.92 Å². The lowest BCUT2D eigenvalue weighted by Gasteiger charge is -2.43. The molecule has 0 aliphatic rings. The SMILES string of the molecule is Cc1ccc(O[P@](=O)(CO[Si](c2ccccc2)(c2ccccc2)C(C)(C)C)Oc2c(C)cccc2[N+](=O)[O-])c(C)c1. The number of hydrogen-bond donors (Lipinski definition) is 0. The van der Waals surface area contributed by atoms with Gasteiger partial charge in [0.2, 0.25) is 5.75 Å². The van der Waals surface area contributed by atoms with Crippen LogP contribution in [0, 0.1) is 30.9 Å². The van der Waals surface area contributed by atoms with E-state index in [4.69, 9.17) is 13.5 Å². The van der Waals surface area contributed by atoms with Gasteiger partial charge in [-0.1, -0.05) is 111 Å². The van der Waals surface area contributed by atoms with Gasteiger partial charge in [0, 0.05) is 6.07 Å². The Labute approximate surface area is 242 Å². The molecule has 0 N–H and O–H groups in total. The van der Waals surface area contributed by atoms with Gasteiger partial charge in [-0.15, -0.1) is 0 Å². The first-order valence-corrected chi connectivity index (χ1v) is 17.0. The summed E-state index contributed by atoms with van der Waals surface area (Å²) in [5.74, 6) is 0.262. The number of nitro groups is 1. The number of para-hydroxylation sites is 1. The van der Waals surface area contributed by atoms with Crippen molar-refractivity contribution in [2.45, 2.75) is 46.6 Å². The molecule has 214 valence electrons. The van der Waals surface area contributed by atoms with Crippen molar-refractivity contribution in [2.24, 2.45) is 0 Å². The molecule has 0 aliphatic heterocycles. The van der Waals surface area contributed by atoms with Crippen LogP contribution in [0.25, 0.3) is 0 Å². The average molecular weight is 590 g/mol. The first-order chi connectivity index (χ1) is 19.4. The Kier molecular flexibility index (Phi) is 8.88. The Morgan fingerprint density at radius 2 is 1.37 bits per heavy atom. The normalized spacial score (nSPS) is 13.3. The quantitative estimate of drug-likeness (QED) is 0.0815. The summed E-state index contributed by atoms with van der Waals surface area (Å²) in [6.07, 6.45) is -0.418. The highest BCUT2D eigenvalue weighted by atomic mass is 31.2. The van der Waals surface area contributed by atoms with Crippen LogP contribution >= 0.6 is 7.60 Å². The Hall–Kier alpha value is -3.71. The summed E-state index contributed by atoms with van der Waals surface area (Å²) in [6.45, 7) is 11.8. The van der Waals surface area contributed by atoms with Gasteiger partial charge < -0.3 is 13.5 Å². The Morgan fingerprint density at radius 3 is 1.88 bits per heavy atom. The molecule has 4 aromatic rings. The van der Waals surface area contributed by atoms with Gasteiger partial charge >= 0.3 is 13.3 Å². The molecule has 0 fully saturated rings. The number of aryl methyl sites for hydroxylation is 3. The maximum absolute atomic E-state index is 14.8. The van der Waals surface area contributed by atoms with E-state index in [-0.39, 0.29) is 11.4 Å². The summed E-state index contributed by atoms with van der Waals surface area (Å²) in [7, 11) is -7.33. The van der Waals surface area contributed by atoms with Crippen LogP contribution in [0.4, 0.5) is 5.69 Å². The monoisotopic (exact) mass is 589 g/mol. The molecule has 0 bridgehead atoms. The topological polar surface area (TPSA) is 87.9 Å². The van der Waals surface area contributed by atoms with Crippen LogP contribution in [0.2, 0.25) is 5.04 Å². The minimum absolute atomic E-state index is 0.100. The highest BCUT2D eigenvalue weighted by Crippen LogP contribution is 2.53. The molecule has 41 heavy (non-hydrogen) atoms. The van der Waals surface area contributed by atoms with Crippen LogP contribution in [0.1, 0.15) is 37.5 Å². The smallest absolute Gasteiger partial charge is 0.414 e. The Balaban J connectivity index is 1.86. The molecule has 1 atom stereocenters. The van der Waals surface area contributed by atoms with Crippen LogP contribution in [0.3, 0.4) is 0 Å². The molecule has 0 aliphatic carbocycles. The molecule has 0 aromatic heterocycles. The molecular weight excluding hydrogens is 553 g/mol. The lowest BCUT2D eigenvalue weighted by molar-refractivity contribution is -0.385. The summed E-state index contributed by atoms with van der Waals surface area (Å²) in [4.78, 5) is 11.4. The molecule has 0 saturated heterocycles. The van der Waals surface area contributed by atoms with Gasteiger partial charge in [0.25, 0.3) is 8.32 Å². The second-order valence-corrected chi connectivity index (χ2v) is 17.3. The van der Waals surface area contributed by atoms with Crippen molar-refractivity contribution < 1.29 is 23.0 Å². The van der Waals surface area contributed by atoms with E-state index in [1.807, 2.05) is 86.6 Å². The van der Waals surface area contributed by atoms with Crippen molar-refractivity contribution in [3.05, 3.63) is 124 Å². The fourth-order valence-electron chi connectivity index (χ4n) is 5.10. The molecule has 0 amide bonds. The van der Waals surface area contributed by atoms with Gasteiger partial charge in [-0.05, 0) is 53.4 Å². The highest BCUT2D eigenvalue weighted by molar-refractivity contribution is 7.54. The van der Waals surface area contributed by atoms with Crippen molar-refractivity contribution in [1.29, 1.82) is 0 Å². The molecule has 7 nitrogen and oxygen atoms in total. The second-order valence-electron chi connectivity index (χ2n) is 11.2. The van der Waals surface area contributed by atoms with Gasteiger partial charge in [-0.3, -0.25) is 10.1 Å². The van der Waals surface area contributed by atoms with Crippen molar-refractivity contribution in [1.82, 2.24) is 0 Å². The third-order valence-corrected chi connectivity index (χ3v) is 13.6. The highest BCUT2D eigenvalue weighted by Gasteiger charge is 2.52. The van der Waals surface area contributed by atoms with Crippen LogP contribution in [0.15, 0.2) is 97.1 Å². The first-order valence-electron chi connectivity index (χ1n) is 13.4. The number of rotatable bonds is 10. The summed E-state index contributed by atoms with van der Waals surface area (Å²) >= 11 is 0. The van der Waals surface area contributed by atoms with E-state index in [0.29, 0.717) is 11.3 Å². The second kappa shape index (κ2) is 12.0. The zero-order valence-corrected chi connectivity index (χ0v) is 26.2. The van der Waals surface area contributed by atoms with Crippen molar-refractivity contribution in [2.75, 3.05) is 6.35 Å². The van der Waals surface area contributed by atoms with Crippen molar-refractivity contribution >= 4 is 32.0 Å². The van der Waals surface area contributed by atoms with Crippen LogP contribution in [0.5, 0.6) is 11.5 Å². The maximum atomic E-state index is 14.8. The van der Waals surface area contributed by atoms with Gasteiger partial charge in [-0.25, -0.2) is 4.57 Å². The summed E-state index contributed by atoms with van der Waals surface area (Å²) < 4.78 is 34.0.